The van der Waals surface area contributed by atoms with Crippen LogP contribution >= 0.6 is 0 Å². The van der Waals surface area contributed by atoms with E-state index in [1.165, 1.54) is 0 Å². The molecule has 2 heterocycles. The van der Waals surface area contributed by atoms with Crippen LogP contribution in [0.4, 0.5) is 0 Å². The van der Waals surface area contributed by atoms with Gasteiger partial charge in [-0.3, -0.25) is 9.69 Å². The van der Waals surface area contributed by atoms with Crippen LogP contribution in [0.2, 0.25) is 0 Å². The first-order valence-corrected chi connectivity index (χ1v) is 7.34. The zero-order valence-electron chi connectivity index (χ0n) is 12.4. The molecule has 1 fully saturated rings. The lowest BCUT2D eigenvalue weighted by Crippen LogP contribution is -2.48. The van der Waals surface area contributed by atoms with E-state index >= 15 is 0 Å². The first kappa shape index (κ1) is 14.4. The summed E-state index contributed by atoms with van der Waals surface area (Å²) in [6.45, 7) is 3.69. The summed E-state index contributed by atoms with van der Waals surface area (Å²) in [6.07, 6.45) is 8.89. The van der Waals surface area contributed by atoms with Crippen molar-refractivity contribution in [1.29, 1.82) is 0 Å². The molecule has 0 aliphatic carbocycles. The summed E-state index contributed by atoms with van der Waals surface area (Å²) >= 11 is 0. The van der Waals surface area contributed by atoms with Gasteiger partial charge in [0.25, 0.3) is 5.91 Å². The molecule has 0 atom stereocenters. The lowest BCUT2D eigenvalue weighted by atomic mass is 10.1. The van der Waals surface area contributed by atoms with Crippen LogP contribution in [0.3, 0.4) is 0 Å². The number of aromatic nitrogens is 2. The van der Waals surface area contributed by atoms with Gasteiger partial charge in [-0.05, 0) is 18.2 Å². The average Bonchev–Trinajstić information content (AvgIpc) is 3.10. The van der Waals surface area contributed by atoms with Crippen LogP contribution in [0.25, 0.3) is 5.69 Å². The zero-order valence-corrected chi connectivity index (χ0v) is 12.4. The first-order chi connectivity index (χ1) is 10.8. The molecule has 3 rings (SSSR count). The van der Waals surface area contributed by atoms with Crippen molar-refractivity contribution in [2.75, 3.05) is 32.7 Å². The predicted octanol–water partition coefficient (Wildman–Crippen LogP) is 1.26. The molecule has 0 saturated carbocycles. The minimum atomic E-state index is 0.0476. The Morgan fingerprint density at radius 3 is 2.64 bits per heavy atom. The number of nitrogens with zero attached hydrogens (tertiary/aromatic N) is 4. The van der Waals surface area contributed by atoms with E-state index in [0.717, 1.165) is 18.8 Å². The van der Waals surface area contributed by atoms with Crippen molar-refractivity contribution >= 4 is 5.91 Å². The number of para-hydroxylation sites is 1. The maximum atomic E-state index is 12.8. The summed E-state index contributed by atoms with van der Waals surface area (Å²) in [5.74, 6) is 2.70. The molecule has 1 aromatic carbocycles. The van der Waals surface area contributed by atoms with E-state index in [0.29, 0.717) is 25.2 Å². The lowest BCUT2D eigenvalue weighted by Gasteiger charge is -2.34. The van der Waals surface area contributed by atoms with Crippen LogP contribution in [0.1, 0.15) is 10.4 Å². The molecule has 0 N–H and O–H groups in total. The van der Waals surface area contributed by atoms with E-state index in [2.05, 4.69) is 15.9 Å². The summed E-state index contributed by atoms with van der Waals surface area (Å²) < 4.78 is 1.72. The highest BCUT2D eigenvalue weighted by Crippen LogP contribution is 2.17. The highest BCUT2D eigenvalue weighted by atomic mass is 16.2. The van der Waals surface area contributed by atoms with Crippen LogP contribution < -0.4 is 0 Å². The number of terminal acetylenes is 1. The molecule has 0 spiro atoms. The van der Waals surface area contributed by atoms with E-state index in [9.17, 15) is 4.79 Å². The molecule has 1 aliphatic rings. The van der Waals surface area contributed by atoms with Crippen LogP contribution in [0.5, 0.6) is 0 Å². The number of hydrogen-bond acceptors (Lipinski definition) is 3. The van der Waals surface area contributed by atoms with Gasteiger partial charge >= 0.3 is 0 Å². The largest absolute Gasteiger partial charge is 0.336 e. The highest BCUT2D eigenvalue weighted by Gasteiger charge is 2.23. The molecule has 1 aromatic heterocycles. The number of carbonyl (C=O) groups is 1. The SMILES string of the molecule is C#CCN1CCN(C(=O)c2ccccc2-n2cccn2)CC1. The van der Waals surface area contributed by atoms with E-state index < -0.39 is 0 Å². The molecular formula is C17H18N4O. The normalized spacial score (nSPS) is 15.5. The predicted molar refractivity (Wildman–Crippen MR) is 84.7 cm³/mol. The number of piperazine rings is 1. The summed E-state index contributed by atoms with van der Waals surface area (Å²) in [5.41, 5.74) is 1.49. The van der Waals surface area contributed by atoms with Gasteiger partial charge in [-0.1, -0.05) is 18.1 Å². The van der Waals surface area contributed by atoms with Crippen molar-refractivity contribution in [3.05, 3.63) is 48.3 Å². The summed E-state index contributed by atoms with van der Waals surface area (Å²) in [6, 6.07) is 9.41. The second-order valence-corrected chi connectivity index (χ2v) is 5.24. The van der Waals surface area contributed by atoms with E-state index in [1.54, 1.807) is 10.9 Å². The lowest BCUT2D eigenvalue weighted by molar-refractivity contribution is 0.0652. The minimum Gasteiger partial charge on any atom is -0.336 e. The molecule has 0 bridgehead atoms. The fraction of sp³-hybridized carbons (Fsp3) is 0.294. The topological polar surface area (TPSA) is 41.4 Å². The molecule has 5 heteroatoms. The standard InChI is InChI=1S/C17H18N4O/c1-2-9-19-11-13-20(14-12-19)17(22)15-6-3-4-7-16(15)21-10-5-8-18-21/h1,3-8,10H,9,11-14H2. The highest BCUT2D eigenvalue weighted by molar-refractivity contribution is 5.97. The maximum Gasteiger partial charge on any atom is 0.256 e. The van der Waals surface area contributed by atoms with Gasteiger partial charge in [0, 0.05) is 38.6 Å². The molecule has 1 amide bonds. The third kappa shape index (κ3) is 2.87. The van der Waals surface area contributed by atoms with Crippen LogP contribution in [-0.4, -0.2) is 58.2 Å². The Morgan fingerprint density at radius 1 is 1.18 bits per heavy atom. The molecule has 5 nitrogen and oxygen atoms in total. The zero-order chi connectivity index (χ0) is 15.4. The Bertz CT molecular complexity index is 679. The molecular weight excluding hydrogens is 276 g/mol. The molecule has 22 heavy (non-hydrogen) atoms. The summed E-state index contributed by atoms with van der Waals surface area (Å²) in [5, 5.41) is 4.23. The van der Waals surface area contributed by atoms with Crippen molar-refractivity contribution < 1.29 is 4.79 Å². The molecule has 0 unspecified atom stereocenters. The quantitative estimate of drug-likeness (QED) is 0.800. The third-order valence-corrected chi connectivity index (χ3v) is 3.86. The minimum absolute atomic E-state index is 0.0476. The fourth-order valence-electron chi connectivity index (χ4n) is 2.67. The molecule has 2 aromatic rings. The van der Waals surface area contributed by atoms with Gasteiger partial charge in [0.1, 0.15) is 0 Å². The Labute approximate surface area is 130 Å². The van der Waals surface area contributed by atoms with E-state index in [-0.39, 0.29) is 5.91 Å². The molecule has 1 aliphatic heterocycles. The van der Waals surface area contributed by atoms with Gasteiger partial charge in [0.05, 0.1) is 17.8 Å². The van der Waals surface area contributed by atoms with Crippen molar-refractivity contribution in [2.45, 2.75) is 0 Å². The number of benzene rings is 1. The van der Waals surface area contributed by atoms with Gasteiger partial charge in [-0.15, -0.1) is 6.42 Å². The van der Waals surface area contributed by atoms with Gasteiger partial charge in [-0.25, -0.2) is 4.68 Å². The summed E-state index contributed by atoms with van der Waals surface area (Å²) in [7, 11) is 0. The molecule has 1 saturated heterocycles. The third-order valence-electron chi connectivity index (χ3n) is 3.86. The second kappa shape index (κ2) is 6.46. The fourth-order valence-corrected chi connectivity index (χ4v) is 2.67. The van der Waals surface area contributed by atoms with Gasteiger partial charge in [-0.2, -0.15) is 5.10 Å². The molecule has 112 valence electrons. The Morgan fingerprint density at radius 2 is 1.95 bits per heavy atom. The second-order valence-electron chi connectivity index (χ2n) is 5.24. The van der Waals surface area contributed by atoms with Crippen LogP contribution in [-0.2, 0) is 0 Å². The van der Waals surface area contributed by atoms with E-state index in [1.807, 2.05) is 41.4 Å². The Hall–Kier alpha value is -2.58. The maximum absolute atomic E-state index is 12.8. The number of hydrogen-bond donors (Lipinski definition) is 0. The number of rotatable bonds is 3. The van der Waals surface area contributed by atoms with Crippen molar-refractivity contribution in [2.24, 2.45) is 0 Å². The van der Waals surface area contributed by atoms with Gasteiger partial charge in [0.2, 0.25) is 0 Å². The Balaban J connectivity index is 1.78. The smallest absolute Gasteiger partial charge is 0.256 e. The van der Waals surface area contributed by atoms with Crippen molar-refractivity contribution in [1.82, 2.24) is 19.6 Å². The van der Waals surface area contributed by atoms with Gasteiger partial charge in [0.15, 0.2) is 0 Å². The summed E-state index contributed by atoms with van der Waals surface area (Å²) in [4.78, 5) is 16.9. The van der Waals surface area contributed by atoms with Gasteiger partial charge < -0.3 is 4.90 Å². The van der Waals surface area contributed by atoms with Crippen LogP contribution in [0, 0.1) is 12.3 Å². The monoisotopic (exact) mass is 294 g/mol. The Kier molecular flexibility index (Phi) is 4.22. The number of amides is 1. The molecule has 0 radical (unpaired) electrons. The van der Waals surface area contributed by atoms with E-state index in [4.69, 9.17) is 6.42 Å². The van der Waals surface area contributed by atoms with Crippen molar-refractivity contribution in [3.63, 3.8) is 0 Å². The average molecular weight is 294 g/mol. The first-order valence-electron chi connectivity index (χ1n) is 7.34. The number of carbonyl (C=O) groups excluding carboxylic acids is 1. The van der Waals surface area contributed by atoms with Crippen LogP contribution in [0.15, 0.2) is 42.7 Å². The van der Waals surface area contributed by atoms with Crippen molar-refractivity contribution in [3.8, 4) is 18.0 Å².